The van der Waals surface area contributed by atoms with Crippen LogP contribution in [0.2, 0.25) is 0 Å². The number of fused-ring (bicyclic) bond motifs is 4. The fraction of sp³-hybridized carbons (Fsp3) is 0.143. The second kappa shape index (κ2) is 12.5. The van der Waals surface area contributed by atoms with E-state index in [2.05, 4.69) is 156 Å². The van der Waals surface area contributed by atoms with Gasteiger partial charge in [0.25, 0.3) is 0 Å². The minimum Gasteiger partial charge on any atom is -0.286 e. The third kappa shape index (κ3) is 5.28. The number of benzene rings is 5. The maximum atomic E-state index is 4.28. The molecule has 0 amide bonds. The van der Waals surface area contributed by atoms with Gasteiger partial charge in [-0.05, 0) is 55.7 Å². The van der Waals surface area contributed by atoms with Gasteiger partial charge in [0.15, 0.2) is 0 Å². The van der Waals surface area contributed by atoms with E-state index in [1.54, 1.807) is 0 Å². The summed E-state index contributed by atoms with van der Waals surface area (Å²) >= 11 is 0. The molecule has 0 aromatic heterocycles. The van der Waals surface area contributed by atoms with Gasteiger partial charge < -0.3 is 0 Å². The van der Waals surface area contributed by atoms with Crippen molar-refractivity contribution in [3.05, 3.63) is 198 Å². The van der Waals surface area contributed by atoms with Crippen LogP contribution in [0.4, 0.5) is 0 Å². The molecule has 2 unspecified atom stereocenters. The van der Waals surface area contributed by atoms with E-state index in [4.69, 9.17) is 0 Å². The quantitative estimate of drug-likeness (QED) is 0.192. The van der Waals surface area contributed by atoms with Gasteiger partial charge in [-0.1, -0.05) is 159 Å². The van der Waals surface area contributed by atoms with Gasteiger partial charge >= 0.3 is 0 Å². The van der Waals surface area contributed by atoms with Crippen molar-refractivity contribution in [3.8, 4) is 11.1 Å². The Morgan fingerprint density at radius 3 is 1.27 bits per heavy atom. The average molecular weight is 571 g/mol. The molecule has 2 nitrogen and oxygen atoms in total. The Balaban J connectivity index is 1.44. The van der Waals surface area contributed by atoms with E-state index >= 15 is 0 Å². The highest BCUT2D eigenvalue weighted by molar-refractivity contribution is 5.80. The zero-order valence-corrected chi connectivity index (χ0v) is 25.1. The smallest absolute Gasteiger partial charge is 0.0552 e. The average Bonchev–Trinajstić information content (AvgIpc) is 3.35. The zero-order chi connectivity index (χ0) is 29.9. The van der Waals surface area contributed by atoms with E-state index in [0.29, 0.717) is 0 Å². The first kappa shape index (κ1) is 28.0. The molecule has 0 fully saturated rings. The highest BCUT2D eigenvalue weighted by Crippen LogP contribution is 2.45. The SMILES string of the molecule is C=CC1=C(C=C)c2ccccc2CN(C(c2ccccc2)C(c2ccccc2)N2Cc3ccccc3-c3ccccc3C2)C1. The lowest BCUT2D eigenvalue weighted by Gasteiger charge is -2.43. The maximum absolute atomic E-state index is 4.28. The lowest BCUT2D eigenvalue weighted by Crippen LogP contribution is -2.40. The minimum absolute atomic E-state index is 0.0724. The topological polar surface area (TPSA) is 6.48 Å². The Morgan fingerprint density at radius 1 is 0.432 bits per heavy atom. The minimum atomic E-state index is 0.0724. The Kier molecular flexibility index (Phi) is 7.94. The van der Waals surface area contributed by atoms with Crippen molar-refractivity contribution in [1.29, 1.82) is 0 Å². The van der Waals surface area contributed by atoms with Crippen LogP contribution < -0.4 is 0 Å². The molecule has 0 N–H and O–H groups in total. The summed E-state index contributed by atoms with van der Waals surface area (Å²) in [4.78, 5) is 5.38. The van der Waals surface area contributed by atoms with E-state index in [1.807, 2.05) is 12.2 Å². The van der Waals surface area contributed by atoms with Gasteiger partial charge in [-0.3, -0.25) is 9.80 Å². The Bertz CT molecular complexity index is 1770. The van der Waals surface area contributed by atoms with Crippen LogP contribution in [-0.2, 0) is 19.6 Å². The molecule has 5 aromatic rings. The molecular formula is C42H38N2. The van der Waals surface area contributed by atoms with E-state index < -0.39 is 0 Å². The molecule has 0 radical (unpaired) electrons. The monoisotopic (exact) mass is 570 g/mol. The van der Waals surface area contributed by atoms with Crippen molar-refractivity contribution in [3.63, 3.8) is 0 Å². The van der Waals surface area contributed by atoms with Crippen LogP contribution in [0.15, 0.2) is 164 Å². The van der Waals surface area contributed by atoms with E-state index in [0.717, 1.165) is 26.2 Å². The van der Waals surface area contributed by atoms with Crippen LogP contribution in [0.1, 0.15) is 45.5 Å². The van der Waals surface area contributed by atoms with Gasteiger partial charge in [-0.25, -0.2) is 0 Å². The zero-order valence-electron chi connectivity index (χ0n) is 25.1. The lowest BCUT2D eigenvalue weighted by atomic mass is 9.89. The Morgan fingerprint density at radius 2 is 0.818 bits per heavy atom. The molecule has 7 rings (SSSR count). The van der Waals surface area contributed by atoms with Crippen molar-refractivity contribution in [2.45, 2.75) is 31.7 Å². The summed E-state index contributed by atoms with van der Waals surface area (Å²) in [5, 5.41) is 0. The summed E-state index contributed by atoms with van der Waals surface area (Å²) in [6.45, 7) is 11.8. The molecule has 0 aliphatic carbocycles. The first-order chi connectivity index (χ1) is 21.7. The Hall–Kier alpha value is -4.76. The lowest BCUT2D eigenvalue weighted by molar-refractivity contribution is 0.0669. The van der Waals surface area contributed by atoms with Crippen LogP contribution in [0, 0.1) is 0 Å². The Labute approximate surface area is 261 Å². The maximum Gasteiger partial charge on any atom is 0.0552 e. The largest absolute Gasteiger partial charge is 0.286 e. The molecule has 2 aliphatic heterocycles. The van der Waals surface area contributed by atoms with E-state index in [9.17, 15) is 0 Å². The van der Waals surface area contributed by atoms with Crippen molar-refractivity contribution in [1.82, 2.24) is 9.80 Å². The molecule has 2 aliphatic rings. The predicted octanol–water partition coefficient (Wildman–Crippen LogP) is 9.79. The van der Waals surface area contributed by atoms with Crippen molar-refractivity contribution in [2.24, 2.45) is 0 Å². The standard InChI is InChI=1S/C42H38N2/c1-3-31-27-43(28-34-21-11-14-24-38(34)37(31)4-2)41(32-17-7-5-8-18-32)42(33-19-9-6-10-20-33)44-29-35-22-12-15-25-39(35)40-26-16-13-23-36(40)30-44/h3-26,41-42H,1-2,27-30H2. The van der Waals surface area contributed by atoms with Crippen LogP contribution in [-0.4, -0.2) is 16.3 Å². The first-order valence-electron chi connectivity index (χ1n) is 15.6. The predicted molar refractivity (Wildman–Crippen MR) is 184 cm³/mol. The summed E-state index contributed by atoms with van der Waals surface area (Å²) in [6.07, 6.45) is 4.04. The molecule has 0 saturated carbocycles. The summed E-state index contributed by atoms with van der Waals surface area (Å²) in [6, 6.07) is 49.1. The normalized spacial score (nSPS) is 16.5. The summed E-state index contributed by atoms with van der Waals surface area (Å²) in [5.41, 5.74) is 13.0. The second-order valence-corrected chi connectivity index (χ2v) is 11.8. The van der Waals surface area contributed by atoms with Crippen LogP contribution in [0.5, 0.6) is 0 Å². The molecule has 2 heteroatoms. The molecule has 0 bridgehead atoms. The van der Waals surface area contributed by atoms with Crippen LogP contribution >= 0.6 is 0 Å². The van der Waals surface area contributed by atoms with Gasteiger partial charge in [0.2, 0.25) is 0 Å². The number of hydrogen-bond donors (Lipinski definition) is 0. The first-order valence-corrected chi connectivity index (χ1v) is 15.6. The third-order valence-corrected chi connectivity index (χ3v) is 9.29. The van der Waals surface area contributed by atoms with Gasteiger partial charge in [0.05, 0.1) is 12.1 Å². The van der Waals surface area contributed by atoms with Gasteiger partial charge in [0, 0.05) is 26.2 Å². The molecular weight excluding hydrogens is 532 g/mol. The molecule has 0 spiro atoms. The van der Waals surface area contributed by atoms with Crippen molar-refractivity contribution in [2.75, 3.05) is 6.54 Å². The molecule has 5 aromatic carbocycles. The summed E-state index contributed by atoms with van der Waals surface area (Å²) < 4.78 is 0. The summed E-state index contributed by atoms with van der Waals surface area (Å²) in [7, 11) is 0. The highest BCUT2D eigenvalue weighted by Gasteiger charge is 2.37. The number of nitrogens with zero attached hydrogens (tertiary/aromatic N) is 2. The van der Waals surface area contributed by atoms with Gasteiger partial charge in [0.1, 0.15) is 0 Å². The van der Waals surface area contributed by atoms with Gasteiger partial charge in [-0.2, -0.15) is 0 Å². The van der Waals surface area contributed by atoms with Crippen molar-refractivity contribution < 1.29 is 0 Å². The molecule has 216 valence electrons. The summed E-state index contributed by atoms with van der Waals surface area (Å²) in [5.74, 6) is 0. The van der Waals surface area contributed by atoms with E-state index in [-0.39, 0.29) is 12.1 Å². The molecule has 2 atom stereocenters. The van der Waals surface area contributed by atoms with Crippen LogP contribution in [0.3, 0.4) is 0 Å². The fourth-order valence-corrected chi connectivity index (χ4v) is 7.30. The molecule has 0 saturated heterocycles. The van der Waals surface area contributed by atoms with Crippen molar-refractivity contribution >= 4 is 5.57 Å². The van der Waals surface area contributed by atoms with E-state index in [1.165, 1.54) is 55.7 Å². The van der Waals surface area contributed by atoms with Crippen LogP contribution in [0.25, 0.3) is 16.7 Å². The number of hydrogen-bond acceptors (Lipinski definition) is 2. The highest BCUT2D eigenvalue weighted by atomic mass is 15.3. The molecule has 2 heterocycles. The third-order valence-electron chi connectivity index (χ3n) is 9.29. The number of allylic oxidation sites excluding steroid dienone is 2. The second-order valence-electron chi connectivity index (χ2n) is 11.8. The van der Waals surface area contributed by atoms with Gasteiger partial charge in [-0.15, -0.1) is 0 Å². The fourth-order valence-electron chi connectivity index (χ4n) is 7.30. The number of rotatable bonds is 7. The molecule has 44 heavy (non-hydrogen) atoms.